The van der Waals surface area contributed by atoms with E-state index >= 15 is 0 Å². The van der Waals surface area contributed by atoms with Gasteiger partial charge in [-0.2, -0.15) is 5.10 Å². The van der Waals surface area contributed by atoms with Crippen LogP contribution in [0.1, 0.15) is 29.8 Å². The van der Waals surface area contributed by atoms with Gasteiger partial charge in [0, 0.05) is 5.56 Å². The molecule has 0 aliphatic heterocycles. The van der Waals surface area contributed by atoms with E-state index in [-0.39, 0.29) is 12.5 Å². The van der Waals surface area contributed by atoms with Crippen LogP contribution < -0.4 is 24.4 Å². The standard InChI is InChI=1S/C22H24N2O5/c1-5-12-29-19-10-8-16(13-21(19)28-7-3)15-23-24-22(25)17-9-11-18(27-6-2)20(14-17)26-4/h1,8-11,13-15H,6-7,12H2,2-4H3,(H,24,25)/b23-15+. The van der Waals surface area contributed by atoms with Crippen LogP contribution in [0.25, 0.3) is 0 Å². The summed E-state index contributed by atoms with van der Waals surface area (Å²) < 4.78 is 21.7. The van der Waals surface area contributed by atoms with Gasteiger partial charge in [0.1, 0.15) is 6.61 Å². The number of carbonyl (C=O) groups is 1. The molecule has 0 fully saturated rings. The van der Waals surface area contributed by atoms with E-state index in [9.17, 15) is 4.79 Å². The summed E-state index contributed by atoms with van der Waals surface area (Å²) in [6.45, 7) is 4.87. The molecule has 2 aromatic rings. The first kappa shape index (κ1) is 21.6. The van der Waals surface area contributed by atoms with Crippen LogP contribution >= 0.6 is 0 Å². The van der Waals surface area contributed by atoms with Crippen molar-refractivity contribution in [1.82, 2.24) is 5.43 Å². The Labute approximate surface area is 170 Å². The van der Waals surface area contributed by atoms with E-state index in [2.05, 4.69) is 16.4 Å². The van der Waals surface area contributed by atoms with Crippen molar-refractivity contribution in [3.05, 3.63) is 47.5 Å². The molecule has 0 aromatic heterocycles. The molecule has 152 valence electrons. The smallest absolute Gasteiger partial charge is 0.271 e. The number of ether oxygens (including phenoxy) is 4. The van der Waals surface area contributed by atoms with Gasteiger partial charge in [0.2, 0.25) is 0 Å². The van der Waals surface area contributed by atoms with Crippen LogP contribution in [0.15, 0.2) is 41.5 Å². The number of hydrogen-bond acceptors (Lipinski definition) is 6. The van der Waals surface area contributed by atoms with Crippen LogP contribution in [0.4, 0.5) is 0 Å². The summed E-state index contributed by atoms with van der Waals surface area (Å²) in [5.41, 5.74) is 3.61. The number of methoxy groups -OCH3 is 1. The lowest BCUT2D eigenvalue weighted by atomic mass is 10.2. The van der Waals surface area contributed by atoms with Crippen LogP contribution in [0.3, 0.4) is 0 Å². The quantitative estimate of drug-likeness (QED) is 0.379. The van der Waals surface area contributed by atoms with E-state index in [1.165, 1.54) is 13.3 Å². The van der Waals surface area contributed by atoms with Crippen molar-refractivity contribution in [2.45, 2.75) is 13.8 Å². The molecular formula is C22H24N2O5. The second kappa shape index (κ2) is 11.2. The van der Waals surface area contributed by atoms with E-state index < -0.39 is 0 Å². The molecule has 29 heavy (non-hydrogen) atoms. The molecule has 0 spiro atoms. The maximum absolute atomic E-state index is 12.3. The van der Waals surface area contributed by atoms with Crippen molar-refractivity contribution < 1.29 is 23.7 Å². The van der Waals surface area contributed by atoms with Gasteiger partial charge in [-0.3, -0.25) is 4.79 Å². The molecule has 0 saturated heterocycles. The predicted molar refractivity (Wildman–Crippen MR) is 111 cm³/mol. The van der Waals surface area contributed by atoms with Crippen molar-refractivity contribution in [2.24, 2.45) is 5.10 Å². The number of hydrogen-bond donors (Lipinski definition) is 1. The number of rotatable bonds is 10. The number of nitrogens with zero attached hydrogens (tertiary/aromatic N) is 1. The first-order chi connectivity index (χ1) is 14.1. The Morgan fingerprint density at radius 1 is 1.03 bits per heavy atom. The average Bonchev–Trinajstić information content (AvgIpc) is 2.73. The monoisotopic (exact) mass is 396 g/mol. The average molecular weight is 396 g/mol. The summed E-state index contributed by atoms with van der Waals surface area (Å²) in [6.07, 6.45) is 6.73. The molecule has 0 atom stereocenters. The highest BCUT2D eigenvalue weighted by molar-refractivity contribution is 5.95. The number of hydrazone groups is 1. The molecule has 7 nitrogen and oxygen atoms in total. The minimum Gasteiger partial charge on any atom is -0.493 e. The Balaban J connectivity index is 2.08. The van der Waals surface area contributed by atoms with Gasteiger partial charge in [0.15, 0.2) is 23.0 Å². The third kappa shape index (κ3) is 6.18. The zero-order chi connectivity index (χ0) is 21.1. The molecule has 2 rings (SSSR count). The van der Waals surface area contributed by atoms with E-state index in [0.29, 0.717) is 41.8 Å². The van der Waals surface area contributed by atoms with Crippen molar-refractivity contribution in [3.63, 3.8) is 0 Å². The van der Waals surface area contributed by atoms with Crippen molar-refractivity contribution >= 4 is 12.1 Å². The van der Waals surface area contributed by atoms with Gasteiger partial charge in [0.25, 0.3) is 5.91 Å². The topological polar surface area (TPSA) is 78.4 Å². The highest BCUT2D eigenvalue weighted by atomic mass is 16.5. The highest BCUT2D eigenvalue weighted by Gasteiger charge is 2.10. The number of nitrogens with one attached hydrogen (secondary N) is 1. The zero-order valence-electron chi connectivity index (χ0n) is 16.7. The minimum atomic E-state index is -0.374. The van der Waals surface area contributed by atoms with E-state index in [4.69, 9.17) is 25.4 Å². The van der Waals surface area contributed by atoms with Crippen LogP contribution in [0.5, 0.6) is 23.0 Å². The molecule has 1 amide bonds. The third-order valence-corrected chi connectivity index (χ3v) is 3.68. The van der Waals surface area contributed by atoms with Crippen LogP contribution in [-0.4, -0.2) is 39.1 Å². The summed E-state index contributed by atoms with van der Waals surface area (Å²) in [6, 6.07) is 10.2. The van der Waals surface area contributed by atoms with E-state index in [0.717, 1.165) is 5.56 Å². The molecule has 0 unspecified atom stereocenters. The van der Waals surface area contributed by atoms with Gasteiger partial charge < -0.3 is 18.9 Å². The third-order valence-electron chi connectivity index (χ3n) is 3.68. The molecule has 0 bridgehead atoms. The minimum absolute atomic E-state index is 0.148. The van der Waals surface area contributed by atoms with Crippen molar-refractivity contribution in [2.75, 3.05) is 26.9 Å². The molecule has 0 radical (unpaired) electrons. The number of benzene rings is 2. The first-order valence-electron chi connectivity index (χ1n) is 9.10. The van der Waals surface area contributed by atoms with Crippen molar-refractivity contribution in [1.29, 1.82) is 0 Å². The summed E-state index contributed by atoms with van der Waals surface area (Å²) in [7, 11) is 1.52. The summed E-state index contributed by atoms with van der Waals surface area (Å²) in [4.78, 5) is 12.3. The molecule has 1 N–H and O–H groups in total. The van der Waals surface area contributed by atoms with Gasteiger partial charge >= 0.3 is 0 Å². The number of terminal acetylenes is 1. The normalized spacial score (nSPS) is 10.3. The van der Waals surface area contributed by atoms with Gasteiger partial charge in [-0.25, -0.2) is 5.43 Å². The fourth-order valence-electron chi connectivity index (χ4n) is 2.43. The first-order valence-corrected chi connectivity index (χ1v) is 9.10. The molecule has 0 aliphatic carbocycles. The lowest BCUT2D eigenvalue weighted by molar-refractivity contribution is 0.0954. The summed E-state index contributed by atoms with van der Waals surface area (Å²) >= 11 is 0. The Morgan fingerprint density at radius 3 is 2.41 bits per heavy atom. The summed E-state index contributed by atoms with van der Waals surface area (Å²) in [5.74, 6) is 4.19. The zero-order valence-corrected chi connectivity index (χ0v) is 16.7. The second-order valence-electron chi connectivity index (χ2n) is 5.63. The maximum atomic E-state index is 12.3. The molecular weight excluding hydrogens is 372 g/mol. The fraction of sp³-hybridized carbons (Fsp3) is 0.273. The number of carbonyl (C=O) groups excluding carboxylic acids is 1. The summed E-state index contributed by atoms with van der Waals surface area (Å²) in [5, 5.41) is 4.00. The Kier molecular flexibility index (Phi) is 8.39. The van der Waals surface area contributed by atoms with Crippen LogP contribution in [-0.2, 0) is 0 Å². The predicted octanol–water partition coefficient (Wildman–Crippen LogP) is 3.27. The van der Waals surface area contributed by atoms with Gasteiger partial charge in [-0.05, 0) is 55.8 Å². The second-order valence-corrected chi connectivity index (χ2v) is 5.63. The Morgan fingerprint density at radius 2 is 1.72 bits per heavy atom. The Bertz CT molecular complexity index is 903. The fourth-order valence-corrected chi connectivity index (χ4v) is 2.43. The van der Waals surface area contributed by atoms with Crippen molar-refractivity contribution in [3.8, 4) is 35.3 Å². The van der Waals surface area contributed by atoms with E-state index in [1.54, 1.807) is 36.4 Å². The van der Waals surface area contributed by atoms with Gasteiger partial charge in [-0.1, -0.05) is 5.92 Å². The van der Waals surface area contributed by atoms with Crippen LogP contribution in [0.2, 0.25) is 0 Å². The SMILES string of the molecule is C#CCOc1ccc(/C=N/NC(=O)c2ccc(OCC)c(OC)c2)cc1OCC. The lowest BCUT2D eigenvalue weighted by Crippen LogP contribution is -2.17. The molecule has 7 heteroatoms. The molecule has 0 aliphatic rings. The van der Waals surface area contributed by atoms with E-state index in [1.807, 2.05) is 13.8 Å². The van der Waals surface area contributed by atoms with Gasteiger partial charge in [0.05, 0.1) is 26.5 Å². The van der Waals surface area contributed by atoms with Gasteiger partial charge in [-0.15, -0.1) is 6.42 Å². The molecule has 2 aromatic carbocycles. The van der Waals surface area contributed by atoms with Crippen LogP contribution in [0, 0.1) is 12.3 Å². The Hall–Kier alpha value is -3.66. The largest absolute Gasteiger partial charge is 0.493 e. The molecule has 0 heterocycles. The maximum Gasteiger partial charge on any atom is 0.271 e. The molecule has 0 saturated carbocycles. The number of amides is 1. The highest BCUT2D eigenvalue weighted by Crippen LogP contribution is 2.29. The lowest BCUT2D eigenvalue weighted by Gasteiger charge is -2.11.